The fourth-order valence-electron chi connectivity index (χ4n) is 5.33. The molecule has 5 heteroatoms. The maximum absolute atomic E-state index is 13.3. The van der Waals surface area contributed by atoms with Crippen molar-refractivity contribution >= 4 is 5.91 Å². The lowest BCUT2D eigenvalue weighted by molar-refractivity contribution is -0.147. The number of nitrogens with zero attached hydrogens (tertiary/aromatic N) is 1. The average Bonchev–Trinajstić information content (AvgIpc) is 3.13. The molecule has 0 spiro atoms. The molecule has 142 valence electrons. The molecule has 1 unspecified atom stereocenters. The summed E-state index contributed by atoms with van der Waals surface area (Å²) in [7, 11) is 0. The first-order valence-electron chi connectivity index (χ1n) is 10.0. The Kier molecular flexibility index (Phi) is 5.02. The van der Waals surface area contributed by atoms with Gasteiger partial charge in [0, 0.05) is 19.6 Å². The van der Waals surface area contributed by atoms with Crippen LogP contribution >= 0.6 is 0 Å². The molecular weight excluding hydrogens is 331 g/mol. The Balaban J connectivity index is 1.38. The van der Waals surface area contributed by atoms with E-state index in [1.165, 1.54) is 25.0 Å². The fraction of sp³-hybridized carbons (Fsp3) is 0.667. The molecule has 3 fully saturated rings. The highest BCUT2D eigenvalue weighted by Crippen LogP contribution is 2.45. The maximum atomic E-state index is 13.3. The summed E-state index contributed by atoms with van der Waals surface area (Å²) in [5.74, 6) is 0.673. The molecule has 0 bridgehead atoms. The molecule has 2 N–H and O–H groups in total. The minimum Gasteiger partial charge on any atom is -0.388 e. The Hall–Kier alpha value is -1.46. The number of nitrogens with one attached hydrogen (secondary N) is 1. The number of likely N-dealkylation sites (tertiary alicyclic amines) is 1. The molecule has 26 heavy (non-hydrogen) atoms. The number of fused-ring (bicyclic) bond motifs is 1. The van der Waals surface area contributed by atoms with Gasteiger partial charge in [-0.3, -0.25) is 4.79 Å². The number of halogens is 1. The van der Waals surface area contributed by atoms with Crippen molar-refractivity contribution < 1.29 is 14.3 Å². The van der Waals surface area contributed by atoms with E-state index in [0.29, 0.717) is 11.8 Å². The van der Waals surface area contributed by atoms with Gasteiger partial charge in [0.25, 0.3) is 0 Å². The van der Waals surface area contributed by atoms with Gasteiger partial charge in [0.15, 0.2) is 0 Å². The number of carbonyl (C=O) groups is 1. The van der Waals surface area contributed by atoms with Crippen molar-refractivity contribution in [1.82, 2.24) is 10.2 Å². The first kappa shape index (κ1) is 17.9. The number of rotatable bonds is 3. The number of benzene rings is 1. The van der Waals surface area contributed by atoms with Gasteiger partial charge in [0.05, 0.1) is 11.5 Å². The van der Waals surface area contributed by atoms with Crippen molar-refractivity contribution in [2.24, 2.45) is 17.3 Å². The fourth-order valence-corrected chi connectivity index (χ4v) is 5.33. The van der Waals surface area contributed by atoms with Crippen molar-refractivity contribution in [3.63, 3.8) is 0 Å². The largest absolute Gasteiger partial charge is 0.388 e. The van der Waals surface area contributed by atoms with E-state index in [0.717, 1.165) is 57.4 Å². The van der Waals surface area contributed by atoms with Crippen molar-refractivity contribution in [3.8, 4) is 0 Å². The number of hydrogen-bond acceptors (Lipinski definition) is 3. The molecule has 2 aliphatic heterocycles. The molecule has 0 radical (unpaired) electrons. The second-order valence-corrected chi connectivity index (χ2v) is 8.36. The predicted octanol–water partition coefficient (Wildman–Crippen LogP) is 2.88. The van der Waals surface area contributed by atoms with Crippen LogP contribution in [0.3, 0.4) is 0 Å². The van der Waals surface area contributed by atoms with Crippen LogP contribution in [0.25, 0.3) is 0 Å². The van der Waals surface area contributed by atoms with Crippen LogP contribution in [0.1, 0.15) is 50.2 Å². The molecule has 1 aromatic carbocycles. The summed E-state index contributed by atoms with van der Waals surface area (Å²) in [4.78, 5) is 15.4. The van der Waals surface area contributed by atoms with Gasteiger partial charge in [-0.2, -0.15) is 0 Å². The van der Waals surface area contributed by atoms with Crippen LogP contribution < -0.4 is 5.32 Å². The lowest BCUT2D eigenvalue weighted by Crippen LogP contribution is -2.52. The van der Waals surface area contributed by atoms with Crippen LogP contribution in [-0.2, 0) is 4.79 Å². The van der Waals surface area contributed by atoms with Crippen LogP contribution in [0.5, 0.6) is 0 Å². The maximum Gasteiger partial charge on any atom is 0.230 e. The normalized spacial score (nSPS) is 30.8. The highest BCUT2D eigenvalue weighted by molar-refractivity contribution is 5.84. The van der Waals surface area contributed by atoms with Gasteiger partial charge in [-0.25, -0.2) is 4.39 Å². The van der Waals surface area contributed by atoms with E-state index in [2.05, 4.69) is 5.32 Å². The van der Waals surface area contributed by atoms with E-state index >= 15 is 0 Å². The summed E-state index contributed by atoms with van der Waals surface area (Å²) in [6, 6.07) is 6.11. The zero-order valence-corrected chi connectivity index (χ0v) is 15.3. The molecule has 0 aromatic heterocycles. The monoisotopic (exact) mass is 360 g/mol. The summed E-state index contributed by atoms with van der Waals surface area (Å²) >= 11 is 0. The highest BCUT2D eigenvalue weighted by atomic mass is 19.1. The van der Waals surface area contributed by atoms with Crippen LogP contribution in [0, 0.1) is 23.1 Å². The van der Waals surface area contributed by atoms with Gasteiger partial charge < -0.3 is 15.3 Å². The number of carbonyl (C=O) groups excluding carboxylic acids is 1. The van der Waals surface area contributed by atoms with E-state index in [9.17, 15) is 14.3 Å². The Bertz CT molecular complexity index is 642. The van der Waals surface area contributed by atoms with Gasteiger partial charge in [-0.05, 0) is 61.8 Å². The second kappa shape index (κ2) is 7.28. The minimum absolute atomic E-state index is 0.130. The first-order chi connectivity index (χ1) is 12.6. The third-order valence-electron chi connectivity index (χ3n) is 6.95. The van der Waals surface area contributed by atoms with Crippen LogP contribution in [0.15, 0.2) is 24.3 Å². The highest BCUT2D eigenvalue weighted by Gasteiger charge is 2.51. The Morgan fingerprint density at radius 2 is 1.92 bits per heavy atom. The molecule has 1 aromatic rings. The Labute approximate surface area is 154 Å². The number of amides is 1. The summed E-state index contributed by atoms with van der Waals surface area (Å²) < 4.78 is 13.1. The van der Waals surface area contributed by atoms with Crippen LogP contribution in [-0.4, -0.2) is 42.1 Å². The molecule has 1 amide bonds. The van der Waals surface area contributed by atoms with Crippen LogP contribution in [0.4, 0.5) is 4.39 Å². The molecule has 3 aliphatic rings. The zero-order chi connectivity index (χ0) is 18.1. The third kappa shape index (κ3) is 3.16. The Morgan fingerprint density at radius 1 is 1.19 bits per heavy atom. The molecule has 3 atom stereocenters. The average molecular weight is 360 g/mol. The quantitative estimate of drug-likeness (QED) is 0.871. The molecule has 4 nitrogen and oxygen atoms in total. The zero-order valence-electron chi connectivity index (χ0n) is 15.3. The molecule has 2 saturated heterocycles. The second-order valence-electron chi connectivity index (χ2n) is 8.36. The minimum atomic E-state index is -0.582. The van der Waals surface area contributed by atoms with E-state index in [4.69, 9.17) is 0 Å². The molecule has 4 rings (SSSR count). The van der Waals surface area contributed by atoms with E-state index in [-0.39, 0.29) is 17.2 Å². The molecule has 1 saturated carbocycles. The van der Waals surface area contributed by atoms with Crippen molar-refractivity contribution in [2.75, 3.05) is 26.2 Å². The van der Waals surface area contributed by atoms with Gasteiger partial charge in [0.1, 0.15) is 5.82 Å². The standard InChI is InChI=1S/C21H29FN2O2/c22-18-6-4-15(5-7-18)19(25)16-8-11-24(12-9-16)20(26)21-10-2-1-3-17(21)13-23-14-21/h4-7,16-17,19,23,25H,1-3,8-14H2/t17-,19?,21+/m0/s1. The smallest absolute Gasteiger partial charge is 0.230 e. The predicted molar refractivity (Wildman–Crippen MR) is 97.9 cm³/mol. The molecule has 2 heterocycles. The van der Waals surface area contributed by atoms with E-state index in [1.807, 2.05) is 4.90 Å². The number of piperidine rings is 1. The van der Waals surface area contributed by atoms with Gasteiger partial charge in [-0.15, -0.1) is 0 Å². The first-order valence-corrected chi connectivity index (χ1v) is 10.0. The third-order valence-corrected chi connectivity index (χ3v) is 6.95. The topological polar surface area (TPSA) is 52.6 Å². The van der Waals surface area contributed by atoms with Gasteiger partial charge >= 0.3 is 0 Å². The lowest BCUT2D eigenvalue weighted by atomic mass is 9.67. The Morgan fingerprint density at radius 3 is 2.65 bits per heavy atom. The summed E-state index contributed by atoms with van der Waals surface area (Å²) in [6.07, 6.45) is 5.61. The molecular formula is C21H29FN2O2. The van der Waals surface area contributed by atoms with E-state index in [1.54, 1.807) is 12.1 Å². The lowest BCUT2D eigenvalue weighted by Gasteiger charge is -2.43. The van der Waals surface area contributed by atoms with Crippen molar-refractivity contribution in [2.45, 2.75) is 44.6 Å². The number of aliphatic hydroxyl groups excluding tert-OH is 1. The number of aliphatic hydroxyl groups is 1. The summed E-state index contributed by atoms with van der Waals surface area (Å²) in [5, 5.41) is 14.1. The SMILES string of the molecule is O=C(N1CCC(C(O)c2ccc(F)cc2)CC1)[C@@]12CCCC[C@H]1CNC2. The van der Waals surface area contributed by atoms with E-state index < -0.39 is 6.10 Å². The van der Waals surface area contributed by atoms with Crippen molar-refractivity contribution in [1.29, 1.82) is 0 Å². The van der Waals surface area contributed by atoms with Crippen molar-refractivity contribution in [3.05, 3.63) is 35.6 Å². The van der Waals surface area contributed by atoms with Gasteiger partial charge in [0.2, 0.25) is 5.91 Å². The van der Waals surface area contributed by atoms with Gasteiger partial charge in [-0.1, -0.05) is 25.0 Å². The summed E-state index contributed by atoms with van der Waals surface area (Å²) in [5.41, 5.74) is 0.586. The summed E-state index contributed by atoms with van der Waals surface area (Å²) in [6.45, 7) is 3.24. The molecule has 1 aliphatic carbocycles. The number of hydrogen-bond donors (Lipinski definition) is 2. The van der Waals surface area contributed by atoms with Crippen LogP contribution in [0.2, 0.25) is 0 Å².